The Morgan fingerprint density at radius 2 is 1.74 bits per heavy atom. The number of rotatable bonds is 9. The summed E-state index contributed by atoms with van der Waals surface area (Å²) in [5.74, 6) is 0.573. The molecular formula is C32H45N5O2. The Balaban J connectivity index is 1.34. The minimum absolute atomic E-state index is 0.0177. The number of carbonyl (C=O) groups is 2. The number of nitrogens with two attached hydrogens (primary N) is 1. The van der Waals surface area contributed by atoms with E-state index in [1.54, 1.807) is 24.5 Å². The van der Waals surface area contributed by atoms with Gasteiger partial charge in [0.25, 0.3) is 5.91 Å². The molecule has 0 spiro atoms. The van der Waals surface area contributed by atoms with E-state index in [0.717, 1.165) is 45.2 Å². The molecule has 2 saturated carbocycles. The van der Waals surface area contributed by atoms with Crippen molar-refractivity contribution in [2.45, 2.75) is 94.8 Å². The SMILES string of the molecule is NC1CCC(NC(=O)C2CC(N(CCc3ccccc3)CC3CCCCC3)CN2C(=O)c2cccnc2)CC1. The quantitative estimate of drug-likeness (QED) is 0.507. The maximum Gasteiger partial charge on any atom is 0.256 e. The summed E-state index contributed by atoms with van der Waals surface area (Å²) in [6.07, 6.45) is 15.1. The predicted octanol–water partition coefficient (Wildman–Crippen LogP) is 4.18. The number of likely N-dealkylation sites (tertiary alicyclic amines) is 1. The normalized spacial score (nSPS) is 26.1. The first kappa shape index (κ1) is 27.8. The van der Waals surface area contributed by atoms with Crippen LogP contribution in [-0.4, -0.2) is 70.4 Å². The van der Waals surface area contributed by atoms with Gasteiger partial charge >= 0.3 is 0 Å². The zero-order chi connectivity index (χ0) is 27.0. The van der Waals surface area contributed by atoms with Gasteiger partial charge in [-0.3, -0.25) is 19.5 Å². The van der Waals surface area contributed by atoms with Crippen molar-refractivity contribution < 1.29 is 9.59 Å². The van der Waals surface area contributed by atoms with Crippen molar-refractivity contribution in [3.05, 3.63) is 66.0 Å². The Morgan fingerprint density at radius 1 is 0.974 bits per heavy atom. The van der Waals surface area contributed by atoms with Crippen LogP contribution in [0.25, 0.3) is 0 Å². The molecule has 1 saturated heterocycles. The van der Waals surface area contributed by atoms with Crippen LogP contribution in [0.1, 0.15) is 80.1 Å². The van der Waals surface area contributed by atoms with Crippen LogP contribution in [0.3, 0.4) is 0 Å². The highest BCUT2D eigenvalue weighted by Crippen LogP contribution is 2.30. The van der Waals surface area contributed by atoms with Crippen molar-refractivity contribution in [2.75, 3.05) is 19.6 Å². The summed E-state index contributed by atoms with van der Waals surface area (Å²) < 4.78 is 0. The predicted molar refractivity (Wildman–Crippen MR) is 154 cm³/mol. The van der Waals surface area contributed by atoms with Crippen molar-refractivity contribution in [3.63, 3.8) is 0 Å². The van der Waals surface area contributed by atoms with Crippen LogP contribution in [0, 0.1) is 5.92 Å². The lowest BCUT2D eigenvalue weighted by Gasteiger charge is -2.34. The second-order valence-corrected chi connectivity index (χ2v) is 12.0. The highest BCUT2D eigenvalue weighted by Gasteiger charge is 2.43. The van der Waals surface area contributed by atoms with E-state index in [9.17, 15) is 9.59 Å². The van der Waals surface area contributed by atoms with Crippen molar-refractivity contribution >= 4 is 11.8 Å². The molecule has 3 fully saturated rings. The molecule has 2 atom stereocenters. The molecule has 2 aromatic rings. The standard InChI is InChI=1S/C32H45N5O2/c33-27-13-15-28(16-14-27)35-31(38)30-20-29(23-37(30)32(39)26-12-7-18-34-21-26)36(22-25-10-5-2-6-11-25)19-17-24-8-3-1-4-9-24/h1,3-4,7-9,12,18,21,25,27-30H,2,5-6,10-11,13-17,19-20,22-23,33H2,(H,35,38). The van der Waals surface area contributed by atoms with E-state index in [4.69, 9.17) is 5.73 Å². The van der Waals surface area contributed by atoms with Gasteiger partial charge in [0.05, 0.1) is 5.56 Å². The molecule has 7 nitrogen and oxygen atoms in total. The fourth-order valence-corrected chi connectivity index (χ4v) is 6.81. The molecule has 0 radical (unpaired) electrons. The molecule has 3 N–H and O–H groups in total. The smallest absolute Gasteiger partial charge is 0.256 e. The molecule has 3 aliphatic rings. The fraction of sp³-hybridized carbons (Fsp3) is 0.594. The minimum Gasteiger partial charge on any atom is -0.352 e. The molecule has 2 aliphatic carbocycles. The second kappa shape index (κ2) is 13.5. The average molecular weight is 532 g/mol. The van der Waals surface area contributed by atoms with Gasteiger partial charge in [0, 0.05) is 50.2 Å². The summed E-state index contributed by atoms with van der Waals surface area (Å²) in [4.78, 5) is 36.0. The molecule has 1 aliphatic heterocycles. The lowest BCUT2D eigenvalue weighted by atomic mass is 9.88. The maximum atomic E-state index is 13.7. The topological polar surface area (TPSA) is 91.6 Å². The number of carbonyl (C=O) groups excluding carboxylic acids is 2. The van der Waals surface area contributed by atoms with Gasteiger partial charge in [-0.25, -0.2) is 0 Å². The molecule has 2 heterocycles. The number of nitrogens with one attached hydrogen (secondary N) is 1. The zero-order valence-corrected chi connectivity index (χ0v) is 23.2. The van der Waals surface area contributed by atoms with E-state index in [2.05, 4.69) is 45.5 Å². The van der Waals surface area contributed by atoms with Gasteiger partial charge in [-0.1, -0.05) is 49.6 Å². The number of pyridine rings is 1. The second-order valence-electron chi connectivity index (χ2n) is 12.0. The first-order valence-electron chi connectivity index (χ1n) is 15.1. The Kier molecular flexibility index (Phi) is 9.64. The molecular weight excluding hydrogens is 486 g/mol. The third-order valence-corrected chi connectivity index (χ3v) is 9.13. The van der Waals surface area contributed by atoms with Gasteiger partial charge in [0.1, 0.15) is 6.04 Å². The first-order chi connectivity index (χ1) is 19.1. The highest BCUT2D eigenvalue weighted by molar-refractivity contribution is 5.97. The molecule has 210 valence electrons. The summed E-state index contributed by atoms with van der Waals surface area (Å²) >= 11 is 0. The van der Waals surface area contributed by atoms with Crippen LogP contribution < -0.4 is 11.1 Å². The Bertz CT molecular complexity index is 1050. The number of amides is 2. The van der Waals surface area contributed by atoms with Gasteiger partial charge in [0.15, 0.2) is 0 Å². The van der Waals surface area contributed by atoms with E-state index >= 15 is 0 Å². The van der Waals surface area contributed by atoms with Crippen molar-refractivity contribution in [1.82, 2.24) is 20.1 Å². The third-order valence-electron chi connectivity index (χ3n) is 9.13. The van der Waals surface area contributed by atoms with Crippen LogP contribution in [0.4, 0.5) is 0 Å². The molecule has 7 heteroatoms. The third kappa shape index (κ3) is 7.46. The van der Waals surface area contributed by atoms with Crippen LogP contribution in [0.5, 0.6) is 0 Å². The van der Waals surface area contributed by atoms with Crippen molar-refractivity contribution in [1.29, 1.82) is 0 Å². The lowest BCUT2D eigenvalue weighted by molar-refractivity contribution is -0.125. The van der Waals surface area contributed by atoms with Gasteiger partial charge in [-0.15, -0.1) is 0 Å². The van der Waals surface area contributed by atoms with Crippen molar-refractivity contribution in [2.24, 2.45) is 11.7 Å². The maximum absolute atomic E-state index is 13.7. The average Bonchev–Trinajstić information content (AvgIpc) is 3.43. The number of aromatic nitrogens is 1. The summed E-state index contributed by atoms with van der Waals surface area (Å²) in [5.41, 5.74) is 7.97. The number of nitrogens with zero attached hydrogens (tertiary/aromatic N) is 3. The van der Waals surface area contributed by atoms with E-state index in [1.807, 2.05) is 4.90 Å². The molecule has 1 aromatic heterocycles. The van der Waals surface area contributed by atoms with E-state index in [1.165, 1.54) is 37.7 Å². The molecule has 5 rings (SSSR count). The Hall–Kier alpha value is -2.77. The van der Waals surface area contributed by atoms with E-state index in [0.29, 0.717) is 24.4 Å². The number of benzene rings is 1. The van der Waals surface area contributed by atoms with Crippen molar-refractivity contribution in [3.8, 4) is 0 Å². The molecule has 1 aromatic carbocycles. The number of hydrogen-bond acceptors (Lipinski definition) is 5. The summed E-state index contributed by atoms with van der Waals surface area (Å²) in [6, 6.07) is 14.3. The molecule has 0 bridgehead atoms. The lowest BCUT2D eigenvalue weighted by Crippen LogP contribution is -2.50. The first-order valence-corrected chi connectivity index (χ1v) is 15.1. The largest absolute Gasteiger partial charge is 0.352 e. The Labute approximate surface area is 233 Å². The van der Waals surface area contributed by atoms with Crippen LogP contribution in [0.2, 0.25) is 0 Å². The van der Waals surface area contributed by atoms with Gasteiger partial charge in [-0.2, -0.15) is 0 Å². The van der Waals surface area contributed by atoms with Crippen LogP contribution >= 0.6 is 0 Å². The van der Waals surface area contributed by atoms with Crippen LogP contribution in [-0.2, 0) is 11.2 Å². The fourth-order valence-electron chi connectivity index (χ4n) is 6.81. The summed E-state index contributed by atoms with van der Waals surface area (Å²) in [6.45, 7) is 2.55. The molecule has 39 heavy (non-hydrogen) atoms. The zero-order valence-electron chi connectivity index (χ0n) is 23.2. The molecule has 2 unspecified atom stereocenters. The number of hydrogen-bond donors (Lipinski definition) is 2. The van der Waals surface area contributed by atoms with E-state index < -0.39 is 6.04 Å². The minimum atomic E-state index is -0.469. The Morgan fingerprint density at radius 3 is 2.46 bits per heavy atom. The van der Waals surface area contributed by atoms with Gasteiger partial charge in [-0.05, 0) is 75.0 Å². The van der Waals surface area contributed by atoms with E-state index in [-0.39, 0.29) is 29.9 Å². The summed E-state index contributed by atoms with van der Waals surface area (Å²) in [5, 5.41) is 3.29. The molecule has 2 amide bonds. The highest BCUT2D eigenvalue weighted by atomic mass is 16.2. The van der Waals surface area contributed by atoms with Crippen LogP contribution in [0.15, 0.2) is 54.9 Å². The van der Waals surface area contributed by atoms with Gasteiger partial charge in [0.2, 0.25) is 5.91 Å². The summed E-state index contributed by atoms with van der Waals surface area (Å²) in [7, 11) is 0. The van der Waals surface area contributed by atoms with Gasteiger partial charge < -0.3 is 16.0 Å². The monoisotopic (exact) mass is 531 g/mol.